The monoisotopic (exact) mass is 474 g/mol. The van der Waals surface area contributed by atoms with Gasteiger partial charge in [-0.15, -0.1) is 24.0 Å². The number of aromatic nitrogens is 1. The first-order valence-corrected chi connectivity index (χ1v) is 8.16. The molecule has 7 nitrogen and oxygen atoms in total. The fraction of sp³-hybridized carbons (Fsp3) is 0.444. The van der Waals surface area contributed by atoms with Gasteiger partial charge in [0.2, 0.25) is 0 Å². The quantitative estimate of drug-likeness (QED) is 0.365. The molecule has 0 aliphatic heterocycles. The van der Waals surface area contributed by atoms with Gasteiger partial charge in [0.1, 0.15) is 5.76 Å². The van der Waals surface area contributed by atoms with E-state index in [0.29, 0.717) is 18.0 Å². The molecule has 0 saturated heterocycles. The van der Waals surface area contributed by atoms with Crippen LogP contribution in [0.2, 0.25) is 0 Å². The number of methoxy groups -OCH3 is 2. The summed E-state index contributed by atoms with van der Waals surface area (Å²) < 4.78 is 15.8. The molecule has 2 rings (SSSR count). The second-order valence-electron chi connectivity index (χ2n) is 5.59. The van der Waals surface area contributed by atoms with Gasteiger partial charge in [-0.05, 0) is 38.0 Å². The largest absolute Gasteiger partial charge is 0.493 e. The normalized spacial score (nSPS) is 10.9. The zero-order valence-electron chi connectivity index (χ0n) is 15.9. The van der Waals surface area contributed by atoms with E-state index in [-0.39, 0.29) is 24.0 Å². The standard InChI is InChI=1S/C18H26N4O3.HI/c1-12-15(13(2)25-22-12)8-9-20-18(19-3)21-11-14-6-7-16(23-4)17(10-14)24-5;/h6-7,10H,8-9,11H2,1-5H3,(H2,19,20,21);1H. The summed E-state index contributed by atoms with van der Waals surface area (Å²) in [6.45, 7) is 5.26. The highest BCUT2D eigenvalue weighted by molar-refractivity contribution is 14.0. The molecular weight excluding hydrogens is 447 g/mol. The van der Waals surface area contributed by atoms with Crippen LogP contribution in [-0.2, 0) is 13.0 Å². The fourth-order valence-electron chi connectivity index (χ4n) is 2.56. The Hall–Kier alpha value is -1.97. The van der Waals surface area contributed by atoms with Crippen LogP contribution in [0.25, 0.3) is 0 Å². The first-order chi connectivity index (χ1) is 12.1. The number of rotatable bonds is 7. The maximum absolute atomic E-state index is 5.33. The Morgan fingerprint density at radius 2 is 1.88 bits per heavy atom. The predicted molar refractivity (Wildman–Crippen MR) is 113 cm³/mol. The van der Waals surface area contributed by atoms with Gasteiger partial charge >= 0.3 is 0 Å². The maximum atomic E-state index is 5.33. The Morgan fingerprint density at radius 3 is 2.46 bits per heavy atom. The van der Waals surface area contributed by atoms with E-state index in [1.165, 1.54) is 0 Å². The van der Waals surface area contributed by atoms with Gasteiger partial charge in [-0.2, -0.15) is 0 Å². The number of nitrogens with one attached hydrogen (secondary N) is 2. The second kappa shape index (κ2) is 10.9. The van der Waals surface area contributed by atoms with Crippen LogP contribution >= 0.6 is 24.0 Å². The average molecular weight is 474 g/mol. The van der Waals surface area contributed by atoms with E-state index in [2.05, 4.69) is 20.8 Å². The number of halogens is 1. The van der Waals surface area contributed by atoms with Crippen LogP contribution in [0, 0.1) is 13.8 Å². The van der Waals surface area contributed by atoms with Crippen molar-refractivity contribution in [1.82, 2.24) is 15.8 Å². The lowest BCUT2D eigenvalue weighted by molar-refractivity contribution is 0.354. The van der Waals surface area contributed by atoms with E-state index >= 15 is 0 Å². The maximum Gasteiger partial charge on any atom is 0.191 e. The Kier molecular flexibility index (Phi) is 9.25. The van der Waals surface area contributed by atoms with Gasteiger partial charge in [0.05, 0.1) is 19.9 Å². The van der Waals surface area contributed by atoms with Gasteiger partial charge in [-0.1, -0.05) is 11.2 Å². The minimum absolute atomic E-state index is 0. The first-order valence-electron chi connectivity index (χ1n) is 8.16. The van der Waals surface area contributed by atoms with Gasteiger partial charge < -0.3 is 24.6 Å². The van der Waals surface area contributed by atoms with Crippen molar-refractivity contribution in [2.24, 2.45) is 4.99 Å². The molecule has 1 aromatic carbocycles. The van der Waals surface area contributed by atoms with Crippen molar-refractivity contribution in [1.29, 1.82) is 0 Å². The van der Waals surface area contributed by atoms with Crippen LogP contribution in [0.15, 0.2) is 27.7 Å². The molecule has 0 atom stereocenters. The summed E-state index contributed by atoms with van der Waals surface area (Å²) in [6, 6.07) is 5.83. The highest BCUT2D eigenvalue weighted by Crippen LogP contribution is 2.27. The van der Waals surface area contributed by atoms with Crippen molar-refractivity contribution in [3.05, 3.63) is 40.8 Å². The van der Waals surface area contributed by atoms with E-state index in [1.54, 1.807) is 21.3 Å². The molecule has 8 heteroatoms. The Bertz CT molecular complexity index is 712. The molecule has 0 bridgehead atoms. The summed E-state index contributed by atoms with van der Waals surface area (Å²) in [4.78, 5) is 4.24. The molecule has 0 aliphatic carbocycles. The van der Waals surface area contributed by atoms with E-state index in [4.69, 9.17) is 14.0 Å². The third-order valence-electron chi connectivity index (χ3n) is 3.98. The van der Waals surface area contributed by atoms with Crippen LogP contribution in [0.5, 0.6) is 11.5 Å². The molecule has 0 aliphatic rings. The third-order valence-corrected chi connectivity index (χ3v) is 3.98. The number of hydrogen-bond donors (Lipinski definition) is 2. The molecule has 0 unspecified atom stereocenters. The Labute approximate surface area is 171 Å². The average Bonchev–Trinajstić information content (AvgIpc) is 2.95. The number of nitrogens with zero attached hydrogens (tertiary/aromatic N) is 2. The minimum atomic E-state index is 0. The smallest absolute Gasteiger partial charge is 0.191 e. The second-order valence-corrected chi connectivity index (χ2v) is 5.59. The van der Waals surface area contributed by atoms with Crippen LogP contribution in [0.3, 0.4) is 0 Å². The summed E-state index contributed by atoms with van der Waals surface area (Å²) in [5, 5.41) is 10.6. The topological polar surface area (TPSA) is 80.9 Å². The number of benzene rings is 1. The van der Waals surface area contributed by atoms with Gasteiger partial charge in [0, 0.05) is 25.7 Å². The van der Waals surface area contributed by atoms with Gasteiger partial charge in [-0.25, -0.2) is 0 Å². The zero-order chi connectivity index (χ0) is 18.2. The lowest BCUT2D eigenvalue weighted by atomic mass is 10.1. The molecule has 1 aromatic heterocycles. The van der Waals surface area contributed by atoms with E-state index in [9.17, 15) is 0 Å². The number of guanidine groups is 1. The minimum Gasteiger partial charge on any atom is -0.493 e. The van der Waals surface area contributed by atoms with Crippen molar-refractivity contribution in [2.45, 2.75) is 26.8 Å². The molecule has 0 saturated carbocycles. The first kappa shape index (κ1) is 22.1. The summed E-state index contributed by atoms with van der Waals surface area (Å²) in [7, 11) is 5.00. The number of ether oxygens (including phenoxy) is 2. The molecule has 0 spiro atoms. The molecule has 26 heavy (non-hydrogen) atoms. The molecular formula is C18H27IN4O3. The molecule has 2 aromatic rings. The lowest BCUT2D eigenvalue weighted by Crippen LogP contribution is -2.37. The Morgan fingerprint density at radius 1 is 1.15 bits per heavy atom. The summed E-state index contributed by atoms with van der Waals surface area (Å²) in [5.41, 5.74) is 3.15. The Balaban J connectivity index is 0.00000338. The highest BCUT2D eigenvalue weighted by atomic mass is 127. The lowest BCUT2D eigenvalue weighted by Gasteiger charge is -2.13. The molecule has 0 fully saturated rings. The van der Waals surface area contributed by atoms with Gasteiger partial charge in [0.25, 0.3) is 0 Å². The SMILES string of the molecule is CN=C(NCCc1c(C)noc1C)NCc1ccc(OC)c(OC)c1.I. The van der Waals surface area contributed by atoms with Crippen molar-refractivity contribution >= 4 is 29.9 Å². The molecule has 144 valence electrons. The molecule has 0 radical (unpaired) electrons. The van der Waals surface area contributed by atoms with E-state index in [0.717, 1.165) is 41.5 Å². The van der Waals surface area contributed by atoms with E-state index < -0.39 is 0 Å². The molecule has 1 heterocycles. The van der Waals surface area contributed by atoms with Crippen LogP contribution < -0.4 is 20.1 Å². The summed E-state index contributed by atoms with van der Waals surface area (Å²) in [6.07, 6.45) is 0.832. The fourth-order valence-corrected chi connectivity index (χ4v) is 2.56. The third kappa shape index (κ3) is 5.79. The van der Waals surface area contributed by atoms with Crippen LogP contribution in [0.1, 0.15) is 22.6 Å². The molecule has 0 amide bonds. The number of hydrogen-bond acceptors (Lipinski definition) is 5. The number of aliphatic imine (C=N–C) groups is 1. The van der Waals surface area contributed by atoms with Crippen LogP contribution in [0.4, 0.5) is 0 Å². The highest BCUT2D eigenvalue weighted by Gasteiger charge is 2.09. The summed E-state index contributed by atoms with van der Waals surface area (Å²) >= 11 is 0. The zero-order valence-corrected chi connectivity index (χ0v) is 18.2. The van der Waals surface area contributed by atoms with Crippen LogP contribution in [-0.4, -0.2) is 38.9 Å². The van der Waals surface area contributed by atoms with Crippen molar-refractivity contribution in [3.63, 3.8) is 0 Å². The van der Waals surface area contributed by atoms with Crippen molar-refractivity contribution in [2.75, 3.05) is 27.8 Å². The predicted octanol–water partition coefficient (Wildman–Crippen LogP) is 2.83. The van der Waals surface area contributed by atoms with Crippen molar-refractivity contribution in [3.8, 4) is 11.5 Å². The van der Waals surface area contributed by atoms with Gasteiger partial charge in [0.15, 0.2) is 17.5 Å². The van der Waals surface area contributed by atoms with Gasteiger partial charge in [-0.3, -0.25) is 4.99 Å². The van der Waals surface area contributed by atoms with E-state index in [1.807, 2.05) is 32.0 Å². The van der Waals surface area contributed by atoms with Crippen molar-refractivity contribution < 1.29 is 14.0 Å². The molecule has 2 N–H and O–H groups in total. The number of aryl methyl sites for hydroxylation is 2. The summed E-state index contributed by atoms with van der Waals surface area (Å²) in [5.74, 6) is 3.03.